The van der Waals surface area contributed by atoms with Gasteiger partial charge in [0.15, 0.2) is 0 Å². The Morgan fingerprint density at radius 2 is 1.66 bits per heavy atom. The van der Waals surface area contributed by atoms with Gasteiger partial charge in [-0.05, 0) is 35.9 Å². The van der Waals surface area contributed by atoms with E-state index in [2.05, 4.69) is 5.32 Å². The van der Waals surface area contributed by atoms with E-state index < -0.39 is 10.0 Å². The van der Waals surface area contributed by atoms with Crippen LogP contribution in [-0.4, -0.2) is 57.1 Å². The molecule has 1 saturated heterocycles. The molecule has 0 unspecified atom stereocenters. The predicted molar refractivity (Wildman–Crippen MR) is 112 cm³/mol. The molecular formula is C21H24FN3O3S. The summed E-state index contributed by atoms with van der Waals surface area (Å²) >= 11 is 0. The number of halogens is 1. The van der Waals surface area contributed by atoms with Gasteiger partial charge in [0.25, 0.3) is 0 Å². The third kappa shape index (κ3) is 6.13. The van der Waals surface area contributed by atoms with E-state index in [0.29, 0.717) is 26.2 Å². The molecular weight excluding hydrogens is 393 g/mol. The number of nitrogens with zero attached hydrogens (tertiary/aromatic N) is 2. The predicted octanol–water partition coefficient (Wildman–Crippen LogP) is 2.11. The second kappa shape index (κ2) is 9.67. The molecule has 1 aliphatic rings. The maximum absolute atomic E-state index is 13.0. The molecule has 1 N–H and O–H groups in total. The fourth-order valence-electron chi connectivity index (χ4n) is 3.10. The van der Waals surface area contributed by atoms with Crippen molar-refractivity contribution >= 4 is 27.7 Å². The number of carbonyl (C=O) groups excluding carboxylic acids is 1. The molecule has 8 heteroatoms. The van der Waals surface area contributed by atoms with Crippen molar-refractivity contribution in [2.24, 2.45) is 0 Å². The lowest BCUT2D eigenvalue weighted by atomic mass is 10.2. The van der Waals surface area contributed by atoms with Gasteiger partial charge >= 0.3 is 0 Å². The van der Waals surface area contributed by atoms with Crippen molar-refractivity contribution in [2.45, 2.75) is 0 Å². The Bertz CT molecular complexity index is 939. The van der Waals surface area contributed by atoms with E-state index in [9.17, 15) is 17.6 Å². The number of rotatable bonds is 7. The molecule has 1 aliphatic heterocycles. The quantitative estimate of drug-likeness (QED) is 0.701. The second-order valence-corrected chi connectivity index (χ2v) is 8.80. The molecule has 154 valence electrons. The maximum atomic E-state index is 13.0. The third-order valence-corrected chi connectivity index (χ3v) is 6.58. The summed E-state index contributed by atoms with van der Waals surface area (Å²) in [6, 6.07) is 15.6. The van der Waals surface area contributed by atoms with Crippen LogP contribution in [0, 0.1) is 5.82 Å². The Kier molecular flexibility index (Phi) is 7.00. The van der Waals surface area contributed by atoms with E-state index in [-0.39, 0.29) is 24.0 Å². The third-order valence-electron chi connectivity index (χ3n) is 4.71. The van der Waals surface area contributed by atoms with E-state index >= 15 is 0 Å². The van der Waals surface area contributed by atoms with Gasteiger partial charge in [-0.15, -0.1) is 0 Å². The minimum absolute atomic E-state index is 0.0540. The van der Waals surface area contributed by atoms with Gasteiger partial charge in [0.05, 0.1) is 5.75 Å². The van der Waals surface area contributed by atoms with Gasteiger partial charge in [-0.2, -0.15) is 4.31 Å². The second-order valence-electron chi connectivity index (χ2n) is 6.71. The number of benzene rings is 2. The molecule has 0 aromatic heterocycles. The minimum Gasteiger partial charge on any atom is -0.369 e. The van der Waals surface area contributed by atoms with E-state index in [1.54, 1.807) is 18.2 Å². The van der Waals surface area contributed by atoms with Crippen molar-refractivity contribution in [3.8, 4) is 0 Å². The molecule has 1 heterocycles. The number of anilines is 1. The summed E-state index contributed by atoms with van der Waals surface area (Å²) in [5.74, 6) is -0.769. The molecule has 0 saturated carbocycles. The standard InChI is InChI=1S/C21H24FN3O3S/c22-19-7-9-20(10-8-19)24-13-15-25(16-14-24)29(27,28)17-12-23-21(26)11-6-18-4-2-1-3-5-18/h1-11H,12-17H2,(H,23,26)/b11-6+. The molecule has 6 nitrogen and oxygen atoms in total. The van der Waals surface area contributed by atoms with Crippen LogP contribution in [0.25, 0.3) is 6.08 Å². The topological polar surface area (TPSA) is 69.7 Å². The van der Waals surface area contributed by atoms with Crippen LogP contribution in [0.3, 0.4) is 0 Å². The lowest BCUT2D eigenvalue weighted by molar-refractivity contribution is -0.116. The lowest BCUT2D eigenvalue weighted by Crippen LogP contribution is -2.50. The summed E-state index contributed by atoms with van der Waals surface area (Å²) < 4.78 is 39.5. The van der Waals surface area contributed by atoms with Gasteiger partial charge in [-0.1, -0.05) is 30.3 Å². The van der Waals surface area contributed by atoms with Gasteiger partial charge in [0, 0.05) is 44.5 Å². The van der Waals surface area contributed by atoms with Gasteiger partial charge in [0.1, 0.15) is 5.82 Å². The maximum Gasteiger partial charge on any atom is 0.244 e. The Hall–Kier alpha value is -2.71. The summed E-state index contributed by atoms with van der Waals surface area (Å²) in [6.07, 6.45) is 3.07. The molecule has 1 fully saturated rings. The molecule has 0 radical (unpaired) electrons. The first-order valence-corrected chi connectivity index (χ1v) is 11.0. The molecule has 3 rings (SSSR count). The number of hydrogen-bond donors (Lipinski definition) is 1. The highest BCUT2D eigenvalue weighted by atomic mass is 32.2. The first-order valence-electron chi connectivity index (χ1n) is 9.43. The molecule has 29 heavy (non-hydrogen) atoms. The van der Waals surface area contributed by atoms with Gasteiger partial charge in [0.2, 0.25) is 15.9 Å². The monoisotopic (exact) mass is 417 g/mol. The Labute approximate surface area is 170 Å². The Balaban J connectivity index is 1.43. The first kappa shape index (κ1) is 21.0. The number of carbonyl (C=O) groups is 1. The lowest BCUT2D eigenvalue weighted by Gasteiger charge is -2.35. The Morgan fingerprint density at radius 1 is 1.00 bits per heavy atom. The molecule has 2 aromatic rings. The minimum atomic E-state index is -3.45. The molecule has 2 aromatic carbocycles. The summed E-state index contributed by atoms with van der Waals surface area (Å²) in [5, 5.41) is 2.61. The van der Waals surface area contributed by atoms with Crippen LogP contribution >= 0.6 is 0 Å². The summed E-state index contributed by atoms with van der Waals surface area (Å²) in [7, 11) is -3.45. The van der Waals surface area contributed by atoms with Crippen LogP contribution in [0.2, 0.25) is 0 Å². The van der Waals surface area contributed by atoms with Crippen LogP contribution in [0.4, 0.5) is 10.1 Å². The van der Waals surface area contributed by atoms with Crippen LogP contribution in [-0.2, 0) is 14.8 Å². The average Bonchev–Trinajstić information content (AvgIpc) is 2.73. The number of amides is 1. The average molecular weight is 418 g/mol. The zero-order valence-electron chi connectivity index (χ0n) is 16.0. The highest BCUT2D eigenvalue weighted by Gasteiger charge is 2.26. The number of sulfonamides is 1. The van der Waals surface area contributed by atoms with Crippen molar-refractivity contribution in [3.63, 3.8) is 0 Å². The van der Waals surface area contributed by atoms with Crippen molar-refractivity contribution < 1.29 is 17.6 Å². The van der Waals surface area contributed by atoms with E-state index in [4.69, 9.17) is 0 Å². The smallest absolute Gasteiger partial charge is 0.244 e. The molecule has 1 amide bonds. The van der Waals surface area contributed by atoms with E-state index in [0.717, 1.165) is 11.3 Å². The van der Waals surface area contributed by atoms with Crippen molar-refractivity contribution in [2.75, 3.05) is 43.4 Å². The largest absolute Gasteiger partial charge is 0.369 e. The number of hydrogen-bond acceptors (Lipinski definition) is 4. The van der Waals surface area contributed by atoms with Gasteiger partial charge < -0.3 is 10.2 Å². The van der Waals surface area contributed by atoms with Crippen molar-refractivity contribution in [1.82, 2.24) is 9.62 Å². The van der Waals surface area contributed by atoms with E-state index in [1.807, 2.05) is 35.2 Å². The van der Waals surface area contributed by atoms with Crippen LogP contribution < -0.4 is 10.2 Å². The zero-order chi connectivity index (χ0) is 20.7. The number of piperazine rings is 1. The fourth-order valence-corrected chi connectivity index (χ4v) is 4.44. The van der Waals surface area contributed by atoms with Crippen LogP contribution in [0.5, 0.6) is 0 Å². The summed E-state index contributed by atoms with van der Waals surface area (Å²) in [4.78, 5) is 13.9. The first-order chi connectivity index (χ1) is 13.9. The van der Waals surface area contributed by atoms with Gasteiger partial charge in [-0.3, -0.25) is 4.79 Å². The van der Waals surface area contributed by atoms with Gasteiger partial charge in [-0.25, -0.2) is 12.8 Å². The zero-order valence-corrected chi connectivity index (χ0v) is 16.8. The highest BCUT2D eigenvalue weighted by Crippen LogP contribution is 2.18. The Morgan fingerprint density at radius 3 is 2.31 bits per heavy atom. The number of nitrogens with one attached hydrogen (secondary N) is 1. The molecule has 0 aliphatic carbocycles. The van der Waals surface area contributed by atoms with Crippen LogP contribution in [0.1, 0.15) is 5.56 Å². The van der Waals surface area contributed by atoms with Crippen LogP contribution in [0.15, 0.2) is 60.7 Å². The summed E-state index contributed by atoms with van der Waals surface area (Å²) in [5.41, 5.74) is 1.77. The molecule has 0 atom stereocenters. The van der Waals surface area contributed by atoms with Crippen molar-refractivity contribution in [3.05, 3.63) is 72.1 Å². The molecule has 0 spiro atoms. The molecule has 0 bridgehead atoms. The van der Waals surface area contributed by atoms with E-state index in [1.165, 1.54) is 22.5 Å². The SMILES string of the molecule is O=C(/C=C/c1ccccc1)NCCS(=O)(=O)N1CCN(c2ccc(F)cc2)CC1. The summed E-state index contributed by atoms with van der Waals surface area (Å²) in [6.45, 7) is 1.86. The fraction of sp³-hybridized carbons (Fsp3) is 0.286. The normalized spacial score (nSPS) is 15.6. The van der Waals surface area contributed by atoms with Crippen molar-refractivity contribution in [1.29, 1.82) is 0 Å². The highest BCUT2D eigenvalue weighted by molar-refractivity contribution is 7.89.